The Morgan fingerprint density at radius 3 is 2.86 bits per heavy atom. The lowest BCUT2D eigenvalue weighted by molar-refractivity contribution is -0.135. The first-order valence-electron chi connectivity index (χ1n) is 9.36. The third-order valence-electron chi connectivity index (χ3n) is 5.14. The molecule has 1 atom stereocenters. The molecule has 1 saturated heterocycles. The topological polar surface area (TPSA) is 82.2 Å². The Balaban J connectivity index is 1.40. The van der Waals surface area contributed by atoms with Crippen molar-refractivity contribution < 1.29 is 9.59 Å². The van der Waals surface area contributed by atoms with Gasteiger partial charge in [0.1, 0.15) is 5.82 Å². The number of carbonyl (C=O) groups excluding carboxylic acids is 2. The van der Waals surface area contributed by atoms with E-state index in [0.29, 0.717) is 19.6 Å². The molecule has 28 heavy (non-hydrogen) atoms. The van der Waals surface area contributed by atoms with Gasteiger partial charge in [-0.25, -0.2) is 4.98 Å². The van der Waals surface area contributed by atoms with Crippen LogP contribution in [-0.2, 0) is 22.7 Å². The second-order valence-corrected chi connectivity index (χ2v) is 7.43. The number of hydrogen-bond acceptors (Lipinski definition) is 4. The SMILES string of the molecule is Cc1ccc2nc(CN(C)C(=O)[C@@H]3CC(=O)N(Cc4ccncc4)C3)[nH]c2c1. The number of aromatic amines is 1. The molecule has 3 aromatic rings. The molecule has 2 amide bonds. The van der Waals surface area contributed by atoms with Crippen LogP contribution in [0.3, 0.4) is 0 Å². The van der Waals surface area contributed by atoms with E-state index in [9.17, 15) is 9.59 Å². The highest BCUT2D eigenvalue weighted by atomic mass is 16.2. The zero-order valence-corrected chi connectivity index (χ0v) is 16.1. The summed E-state index contributed by atoms with van der Waals surface area (Å²) in [4.78, 5) is 40.4. The predicted molar refractivity (Wildman–Crippen MR) is 105 cm³/mol. The Bertz CT molecular complexity index is 1010. The molecule has 1 aliphatic rings. The van der Waals surface area contributed by atoms with Crippen molar-refractivity contribution in [2.75, 3.05) is 13.6 Å². The average Bonchev–Trinajstić information content (AvgIpc) is 3.24. The molecule has 0 bridgehead atoms. The number of aryl methyl sites for hydroxylation is 1. The number of likely N-dealkylation sites (tertiary alicyclic amines) is 1. The first-order valence-corrected chi connectivity index (χ1v) is 9.36. The number of nitrogens with zero attached hydrogens (tertiary/aromatic N) is 4. The Morgan fingerprint density at radius 1 is 1.29 bits per heavy atom. The van der Waals surface area contributed by atoms with Crippen LogP contribution >= 0.6 is 0 Å². The summed E-state index contributed by atoms with van der Waals surface area (Å²) in [6, 6.07) is 9.80. The van der Waals surface area contributed by atoms with E-state index in [-0.39, 0.29) is 24.2 Å². The van der Waals surface area contributed by atoms with Crippen LogP contribution < -0.4 is 0 Å². The molecular formula is C21H23N5O2. The van der Waals surface area contributed by atoms with E-state index in [1.165, 1.54) is 0 Å². The Kier molecular flexibility index (Phi) is 4.81. The first kappa shape index (κ1) is 18.2. The highest BCUT2D eigenvalue weighted by Gasteiger charge is 2.35. The van der Waals surface area contributed by atoms with Gasteiger partial charge in [-0.2, -0.15) is 0 Å². The summed E-state index contributed by atoms with van der Waals surface area (Å²) >= 11 is 0. The van der Waals surface area contributed by atoms with E-state index < -0.39 is 0 Å². The molecule has 1 N–H and O–H groups in total. The van der Waals surface area contributed by atoms with Crippen LogP contribution in [0, 0.1) is 12.8 Å². The smallest absolute Gasteiger partial charge is 0.228 e. The Labute approximate surface area is 163 Å². The van der Waals surface area contributed by atoms with Gasteiger partial charge in [-0.1, -0.05) is 6.07 Å². The first-order chi connectivity index (χ1) is 13.5. The van der Waals surface area contributed by atoms with Crippen molar-refractivity contribution in [1.29, 1.82) is 0 Å². The number of benzene rings is 1. The van der Waals surface area contributed by atoms with Gasteiger partial charge in [0.25, 0.3) is 0 Å². The van der Waals surface area contributed by atoms with Gasteiger partial charge in [-0.3, -0.25) is 14.6 Å². The molecule has 3 heterocycles. The van der Waals surface area contributed by atoms with Crippen molar-refractivity contribution >= 4 is 22.8 Å². The number of carbonyl (C=O) groups is 2. The van der Waals surface area contributed by atoms with E-state index >= 15 is 0 Å². The average molecular weight is 377 g/mol. The van der Waals surface area contributed by atoms with Gasteiger partial charge in [0.05, 0.1) is 23.5 Å². The van der Waals surface area contributed by atoms with E-state index in [0.717, 1.165) is 28.0 Å². The lowest BCUT2D eigenvalue weighted by Crippen LogP contribution is -2.34. The standard InChI is InChI=1S/C21H23N5O2/c1-14-3-4-17-18(9-14)24-19(23-17)13-25(2)21(28)16-10-20(27)26(12-16)11-15-5-7-22-8-6-15/h3-9,16H,10-13H2,1-2H3,(H,23,24)/t16-/m1/s1. The number of pyridine rings is 1. The second-order valence-electron chi connectivity index (χ2n) is 7.43. The van der Waals surface area contributed by atoms with Crippen LogP contribution in [0.15, 0.2) is 42.7 Å². The van der Waals surface area contributed by atoms with E-state index in [4.69, 9.17) is 0 Å². The van der Waals surface area contributed by atoms with E-state index in [1.54, 1.807) is 29.2 Å². The summed E-state index contributed by atoms with van der Waals surface area (Å²) in [5.74, 6) is 0.422. The second kappa shape index (κ2) is 7.42. The molecule has 1 fully saturated rings. The van der Waals surface area contributed by atoms with Crippen molar-refractivity contribution in [3.8, 4) is 0 Å². The molecule has 0 unspecified atom stereocenters. The van der Waals surface area contributed by atoms with Crippen molar-refractivity contribution in [3.05, 3.63) is 59.7 Å². The van der Waals surface area contributed by atoms with Gasteiger partial charge < -0.3 is 14.8 Å². The lowest BCUT2D eigenvalue weighted by Gasteiger charge is -2.20. The van der Waals surface area contributed by atoms with Crippen molar-refractivity contribution in [3.63, 3.8) is 0 Å². The number of aromatic nitrogens is 3. The summed E-state index contributed by atoms with van der Waals surface area (Å²) in [7, 11) is 1.76. The van der Waals surface area contributed by atoms with Crippen LogP contribution in [0.25, 0.3) is 11.0 Å². The normalized spacial score (nSPS) is 16.7. The van der Waals surface area contributed by atoms with Gasteiger partial charge in [-0.05, 0) is 42.3 Å². The number of imidazole rings is 1. The molecule has 0 radical (unpaired) electrons. The maximum atomic E-state index is 12.9. The summed E-state index contributed by atoms with van der Waals surface area (Å²) in [6.07, 6.45) is 3.68. The Morgan fingerprint density at radius 2 is 2.07 bits per heavy atom. The molecular weight excluding hydrogens is 354 g/mol. The minimum atomic E-state index is -0.314. The summed E-state index contributed by atoms with van der Waals surface area (Å²) < 4.78 is 0. The maximum Gasteiger partial charge on any atom is 0.228 e. The number of H-pyrrole nitrogens is 1. The summed E-state index contributed by atoms with van der Waals surface area (Å²) in [5, 5.41) is 0. The van der Waals surface area contributed by atoms with Gasteiger partial charge in [0.15, 0.2) is 0 Å². The molecule has 2 aromatic heterocycles. The molecule has 0 saturated carbocycles. The molecule has 7 heteroatoms. The zero-order valence-electron chi connectivity index (χ0n) is 16.1. The van der Waals surface area contributed by atoms with Crippen LogP contribution in [0.2, 0.25) is 0 Å². The maximum absolute atomic E-state index is 12.9. The third-order valence-corrected chi connectivity index (χ3v) is 5.14. The molecule has 4 rings (SSSR count). The van der Waals surface area contributed by atoms with Gasteiger partial charge >= 0.3 is 0 Å². The fraction of sp³-hybridized carbons (Fsp3) is 0.333. The Hall–Kier alpha value is -3.22. The fourth-order valence-corrected chi connectivity index (χ4v) is 3.66. The number of fused-ring (bicyclic) bond motifs is 1. The third kappa shape index (κ3) is 3.74. The van der Waals surface area contributed by atoms with Crippen molar-refractivity contribution in [1.82, 2.24) is 24.8 Å². The van der Waals surface area contributed by atoms with Crippen LogP contribution in [0.1, 0.15) is 23.4 Å². The van der Waals surface area contributed by atoms with E-state index in [1.807, 2.05) is 37.3 Å². The molecule has 1 aromatic carbocycles. The van der Waals surface area contributed by atoms with Crippen molar-refractivity contribution in [2.24, 2.45) is 5.92 Å². The molecule has 1 aliphatic heterocycles. The molecule has 0 aliphatic carbocycles. The molecule has 7 nitrogen and oxygen atoms in total. The highest BCUT2D eigenvalue weighted by molar-refractivity contribution is 5.89. The van der Waals surface area contributed by atoms with Crippen molar-refractivity contribution in [2.45, 2.75) is 26.4 Å². The van der Waals surface area contributed by atoms with Crippen LogP contribution in [0.4, 0.5) is 0 Å². The quantitative estimate of drug-likeness (QED) is 0.739. The van der Waals surface area contributed by atoms with Crippen LogP contribution in [-0.4, -0.2) is 50.2 Å². The summed E-state index contributed by atoms with van der Waals surface area (Å²) in [5.41, 5.74) is 4.03. The summed E-state index contributed by atoms with van der Waals surface area (Å²) in [6.45, 7) is 3.38. The number of hydrogen-bond donors (Lipinski definition) is 1. The van der Waals surface area contributed by atoms with Gasteiger partial charge in [0.2, 0.25) is 11.8 Å². The monoisotopic (exact) mass is 377 g/mol. The number of amides is 2. The predicted octanol–water partition coefficient (Wildman–Crippen LogP) is 2.27. The van der Waals surface area contributed by atoms with Gasteiger partial charge in [-0.15, -0.1) is 0 Å². The largest absolute Gasteiger partial charge is 0.340 e. The minimum Gasteiger partial charge on any atom is -0.340 e. The zero-order chi connectivity index (χ0) is 19.7. The van der Waals surface area contributed by atoms with Crippen LogP contribution in [0.5, 0.6) is 0 Å². The molecule has 144 valence electrons. The minimum absolute atomic E-state index is 0.0165. The number of rotatable bonds is 5. The highest BCUT2D eigenvalue weighted by Crippen LogP contribution is 2.22. The number of nitrogens with one attached hydrogen (secondary N) is 1. The molecule has 0 spiro atoms. The fourth-order valence-electron chi connectivity index (χ4n) is 3.66. The van der Waals surface area contributed by atoms with Gasteiger partial charge in [0, 0.05) is 39.0 Å². The lowest BCUT2D eigenvalue weighted by atomic mass is 10.1. The van der Waals surface area contributed by atoms with E-state index in [2.05, 4.69) is 15.0 Å².